The van der Waals surface area contributed by atoms with Crippen molar-refractivity contribution in [3.05, 3.63) is 95.6 Å². The van der Waals surface area contributed by atoms with E-state index in [1.165, 1.54) is 13.3 Å². The van der Waals surface area contributed by atoms with Crippen molar-refractivity contribution in [3.63, 3.8) is 0 Å². The molecule has 0 radical (unpaired) electrons. The zero-order chi connectivity index (χ0) is 19.1. The highest BCUT2D eigenvalue weighted by Crippen LogP contribution is 2.28. The molecule has 0 aliphatic carbocycles. The fourth-order valence-corrected chi connectivity index (χ4v) is 2.51. The van der Waals surface area contributed by atoms with Crippen LogP contribution in [-0.2, 0) is 0 Å². The Hall–Kier alpha value is -3.73. The number of carbonyl (C=O) groups is 1. The topological polar surface area (TPSA) is 71.2 Å². The molecule has 0 saturated heterocycles. The molecule has 5 nitrogen and oxygen atoms in total. The lowest BCUT2D eigenvalue weighted by atomic mass is 10.0. The van der Waals surface area contributed by atoms with Crippen LogP contribution in [0.5, 0.6) is 11.5 Å². The van der Waals surface area contributed by atoms with Crippen molar-refractivity contribution in [3.8, 4) is 11.5 Å². The molecule has 0 aliphatic heterocycles. The maximum Gasteiger partial charge on any atom is 0.213 e. The number of nitrogens with zero attached hydrogens (tertiary/aromatic N) is 2. The summed E-state index contributed by atoms with van der Waals surface area (Å²) >= 11 is 0. The zero-order valence-electron chi connectivity index (χ0n) is 14.7. The van der Waals surface area contributed by atoms with E-state index in [4.69, 9.17) is 4.74 Å². The van der Waals surface area contributed by atoms with Gasteiger partial charge in [-0.15, -0.1) is 5.10 Å². The van der Waals surface area contributed by atoms with E-state index >= 15 is 0 Å². The highest BCUT2D eigenvalue weighted by Gasteiger charge is 2.16. The molecule has 0 bridgehead atoms. The van der Waals surface area contributed by atoms with Crippen LogP contribution in [0, 0.1) is 0 Å². The molecule has 0 unspecified atom stereocenters. The number of hydrogen-bond acceptors (Lipinski definition) is 5. The first-order valence-electron chi connectivity index (χ1n) is 8.33. The lowest BCUT2D eigenvalue weighted by Crippen LogP contribution is -2.15. The molecule has 27 heavy (non-hydrogen) atoms. The van der Waals surface area contributed by atoms with Gasteiger partial charge in [-0.1, -0.05) is 66.7 Å². The van der Waals surface area contributed by atoms with E-state index in [2.05, 4.69) is 10.2 Å². The number of ether oxygens (including phenoxy) is 1. The first-order valence-corrected chi connectivity index (χ1v) is 8.33. The summed E-state index contributed by atoms with van der Waals surface area (Å²) in [7, 11) is 1.47. The molecule has 0 heterocycles. The van der Waals surface area contributed by atoms with Crippen LogP contribution in [0.25, 0.3) is 0 Å². The van der Waals surface area contributed by atoms with Gasteiger partial charge in [0.05, 0.1) is 13.3 Å². The van der Waals surface area contributed by atoms with Crippen LogP contribution >= 0.6 is 0 Å². The third kappa shape index (κ3) is 4.27. The van der Waals surface area contributed by atoms with Crippen LogP contribution < -0.4 is 4.74 Å². The molecule has 3 aromatic carbocycles. The number of phenols is 1. The zero-order valence-corrected chi connectivity index (χ0v) is 14.7. The van der Waals surface area contributed by atoms with Gasteiger partial charge < -0.3 is 9.84 Å². The van der Waals surface area contributed by atoms with Crippen molar-refractivity contribution in [1.29, 1.82) is 0 Å². The largest absolute Gasteiger partial charge is 0.504 e. The average molecular weight is 358 g/mol. The van der Waals surface area contributed by atoms with Crippen LogP contribution in [0.3, 0.4) is 0 Å². The summed E-state index contributed by atoms with van der Waals surface area (Å²) in [4.78, 5) is 12.9. The van der Waals surface area contributed by atoms with Gasteiger partial charge in [0, 0.05) is 16.7 Å². The molecule has 1 N–H and O–H groups in total. The van der Waals surface area contributed by atoms with Gasteiger partial charge in [-0.05, 0) is 12.1 Å². The number of hydrogen-bond donors (Lipinski definition) is 1. The Morgan fingerprint density at radius 3 is 2.15 bits per heavy atom. The minimum atomic E-state index is -0.228. The molecule has 5 heteroatoms. The Labute approximate surface area is 157 Å². The highest BCUT2D eigenvalue weighted by molar-refractivity contribution is 6.51. The number of rotatable bonds is 6. The summed E-state index contributed by atoms with van der Waals surface area (Å²) in [5.41, 5.74) is 1.86. The first kappa shape index (κ1) is 18.1. The molecule has 3 rings (SSSR count). The standard InChI is InChI=1S/C22H18N2O3/c1-27-19-14-8-13-18(21(19)25)15-23-24-20(16-9-4-2-5-10-16)22(26)17-11-6-3-7-12-17/h2-15,25H,1H3/b23-15+,24-20?. The minimum Gasteiger partial charge on any atom is -0.504 e. The normalized spacial score (nSPS) is 11.5. The lowest BCUT2D eigenvalue weighted by Gasteiger charge is -2.05. The Bertz CT molecular complexity index is 981. The fourth-order valence-electron chi connectivity index (χ4n) is 2.51. The fraction of sp³-hybridized carbons (Fsp3) is 0.0455. The molecule has 0 fully saturated rings. The number of carbonyl (C=O) groups excluding carboxylic acids is 1. The van der Waals surface area contributed by atoms with Gasteiger partial charge in [0.25, 0.3) is 0 Å². The van der Waals surface area contributed by atoms with Crippen molar-refractivity contribution in [1.82, 2.24) is 0 Å². The Morgan fingerprint density at radius 2 is 1.52 bits per heavy atom. The summed E-state index contributed by atoms with van der Waals surface area (Å²) in [5, 5.41) is 18.3. The summed E-state index contributed by atoms with van der Waals surface area (Å²) < 4.78 is 5.08. The predicted octanol–water partition coefficient (Wildman–Crippen LogP) is 4.11. The number of phenolic OH excluding ortho intramolecular Hbond substituents is 1. The van der Waals surface area contributed by atoms with Crippen molar-refractivity contribution in [2.24, 2.45) is 10.2 Å². The van der Waals surface area contributed by atoms with Crippen molar-refractivity contribution >= 4 is 17.7 Å². The molecule has 0 spiro atoms. The summed E-state index contributed by atoms with van der Waals surface area (Å²) in [5.74, 6) is 0.0787. The van der Waals surface area contributed by atoms with Crippen LogP contribution in [0.4, 0.5) is 0 Å². The SMILES string of the molecule is COc1cccc(/C=N/N=C(C(=O)c2ccccc2)c2ccccc2)c1O. The van der Waals surface area contributed by atoms with Gasteiger partial charge in [-0.3, -0.25) is 4.79 Å². The maximum absolute atomic E-state index is 12.9. The number of aromatic hydroxyl groups is 1. The van der Waals surface area contributed by atoms with Gasteiger partial charge in [0.2, 0.25) is 5.78 Å². The Morgan fingerprint density at radius 1 is 0.889 bits per heavy atom. The first-order chi connectivity index (χ1) is 13.2. The molecule has 0 aliphatic rings. The summed E-state index contributed by atoms with van der Waals surface area (Å²) in [6.07, 6.45) is 1.39. The Balaban J connectivity index is 1.97. The molecule has 3 aromatic rings. The van der Waals surface area contributed by atoms with Gasteiger partial charge >= 0.3 is 0 Å². The molecule has 134 valence electrons. The minimum absolute atomic E-state index is 0.0328. The molecular formula is C22H18N2O3. The number of para-hydroxylation sites is 1. The second kappa shape index (κ2) is 8.58. The third-order valence-corrected chi connectivity index (χ3v) is 3.90. The van der Waals surface area contributed by atoms with E-state index < -0.39 is 0 Å². The quantitative estimate of drug-likeness (QED) is 0.409. The van der Waals surface area contributed by atoms with E-state index in [0.717, 1.165) is 0 Å². The number of methoxy groups -OCH3 is 1. The van der Waals surface area contributed by atoms with Crippen LogP contribution in [0.2, 0.25) is 0 Å². The van der Waals surface area contributed by atoms with Crippen LogP contribution in [-0.4, -0.2) is 29.9 Å². The molecule has 0 amide bonds. The van der Waals surface area contributed by atoms with E-state index in [0.29, 0.717) is 22.4 Å². The van der Waals surface area contributed by atoms with Crippen molar-refractivity contribution in [2.45, 2.75) is 0 Å². The molecule has 0 aromatic heterocycles. The summed E-state index contributed by atoms with van der Waals surface area (Å²) in [6.45, 7) is 0. The maximum atomic E-state index is 12.9. The smallest absolute Gasteiger partial charge is 0.213 e. The molecule has 0 saturated carbocycles. The summed E-state index contributed by atoms with van der Waals surface area (Å²) in [6, 6.07) is 23.1. The molecule has 0 atom stereocenters. The van der Waals surface area contributed by atoms with E-state index in [1.54, 1.807) is 54.6 Å². The average Bonchev–Trinajstić information content (AvgIpc) is 2.73. The van der Waals surface area contributed by atoms with Gasteiger partial charge in [0.15, 0.2) is 11.5 Å². The van der Waals surface area contributed by atoms with Gasteiger partial charge in [0.1, 0.15) is 5.71 Å². The number of ketones is 1. The predicted molar refractivity (Wildman–Crippen MR) is 106 cm³/mol. The van der Waals surface area contributed by atoms with Crippen LogP contribution in [0.15, 0.2) is 89.1 Å². The highest BCUT2D eigenvalue weighted by atomic mass is 16.5. The van der Waals surface area contributed by atoms with E-state index in [1.807, 2.05) is 24.3 Å². The second-order valence-electron chi connectivity index (χ2n) is 5.65. The number of benzene rings is 3. The van der Waals surface area contributed by atoms with Crippen molar-refractivity contribution < 1.29 is 14.6 Å². The number of Topliss-reactive ketones (excluding diaryl/α,β-unsaturated/α-hetero) is 1. The monoisotopic (exact) mass is 358 g/mol. The lowest BCUT2D eigenvalue weighted by molar-refractivity contribution is 0.106. The van der Waals surface area contributed by atoms with Crippen molar-refractivity contribution in [2.75, 3.05) is 7.11 Å². The van der Waals surface area contributed by atoms with E-state index in [9.17, 15) is 9.90 Å². The van der Waals surface area contributed by atoms with Gasteiger partial charge in [-0.25, -0.2) is 0 Å². The van der Waals surface area contributed by atoms with E-state index in [-0.39, 0.29) is 17.2 Å². The second-order valence-corrected chi connectivity index (χ2v) is 5.65. The van der Waals surface area contributed by atoms with Gasteiger partial charge in [-0.2, -0.15) is 5.10 Å². The third-order valence-electron chi connectivity index (χ3n) is 3.90. The molecular weight excluding hydrogens is 340 g/mol. The van der Waals surface area contributed by atoms with Crippen LogP contribution in [0.1, 0.15) is 21.5 Å². The Kier molecular flexibility index (Phi) is 5.74.